The maximum atomic E-state index is 5.91. The fourth-order valence-electron chi connectivity index (χ4n) is 2.08. The molecule has 0 aromatic heterocycles. The van der Waals surface area contributed by atoms with Gasteiger partial charge >= 0.3 is 0 Å². The monoisotopic (exact) mass is 320 g/mol. The summed E-state index contributed by atoms with van der Waals surface area (Å²) in [5.41, 5.74) is 1.75. The van der Waals surface area contributed by atoms with Crippen molar-refractivity contribution in [2.45, 2.75) is 0 Å². The number of thiocarbonyl (C=S) groups is 1. The fourth-order valence-corrected chi connectivity index (χ4v) is 2.31. The van der Waals surface area contributed by atoms with Crippen molar-refractivity contribution in [1.82, 2.24) is 0 Å². The van der Waals surface area contributed by atoms with Crippen LogP contribution in [0.2, 0.25) is 0 Å². The Morgan fingerprint density at radius 3 is 2.04 bits per heavy atom. The summed E-state index contributed by atoms with van der Waals surface area (Å²) in [6, 6.07) is 27.1. The number of benzene rings is 3. The van der Waals surface area contributed by atoms with Crippen LogP contribution in [0.5, 0.6) is 11.5 Å². The predicted molar refractivity (Wildman–Crippen MR) is 99.2 cm³/mol. The topological polar surface area (TPSA) is 33.3 Å². The van der Waals surface area contributed by atoms with E-state index in [1.54, 1.807) is 0 Å². The third kappa shape index (κ3) is 4.31. The van der Waals surface area contributed by atoms with Gasteiger partial charge < -0.3 is 15.4 Å². The maximum Gasteiger partial charge on any atom is 0.175 e. The molecular formula is C19H16N2OS. The molecular weight excluding hydrogens is 304 g/mol. The van der Waals surface area contributed by atoms with Crippen LogP contribution >= 0.6 is 12.2 Å². The van der Waals surface area contributed by atoms with Crippen LogP contribution in [0, 0.1) is 0 Å². The molecule has 0 heterocycles. The van der Waals surface area contributed by atoms with Gasteiger partial charge in [-0.2, -0.15) is 0 Å². The predicted octanol–water partition coefficient (Wildman–Crippen LogP) is 5.29. The van der Waals surface area contributed by atoms with Crippen LogP contribution in [-0.4, -0.2) is 5.11 Å². The number of nitrogens with one attached hydrogen (secondary N) is 2. The first-order valence-electron chi connectivity index (χ1n) is 7.26. The number of hydrogen-bond donors (Lipinski definition) is 2. The van der Waals surface area contributed by atoms with Gasteiger partial charge in [0.2, 0.25) is 0 Å². The highest BCUT2D eigenvalue weighted by Gasteiger charge is 2.06. The summed E-state index contributed by atoms with van der Waals surface area (Å²) < 4.78 is 5.91. The van der Waals surface area contributed by atoms with Crippen LogP contribution in [0.25, 0.3) is 0 Å². The van der Waals surface area contributed by atoms with Gasteiger partial charge in [-0.05, 0) is 48.6 Å². The van der Waals surface area contributed by atoms with Crippen molar-refractivity contribution in [3.63, 3.8) is 0 Å². The van der Waals surface area contributed by atoms with Gasteiger partial charge in [-0.25, -0.2) is 0 Å². The summed E-state index contributed by atoms with van der Waals surface area (Å²) in [4.78, 5) is 0. The van der Waals surface area contributed by atoms with E-state index >= 15 is 0 Å². The van der Waals surface area contributed by atoms with Crippen molar-refractivity contribution in [1.29, 1.82) is 0 Å². The second-order valence-electron chi connectivity index (χ2n) is 4.86. The van der Waals surface area contributed by atoms with Crippen LogP contribution < -0.4 is 15.4 Å². The standard InChI is InChI=1S/C19H16N2OS/c23-19(20-15-9-3-1-4-10-15)21-17-13-7-8-14-18(17)22-16-11-5-2-6-12-16/h1-14H,(H2,20,21,23). The van der Waals surface area contributed by atoms with Crippen molar-refractivity contribution in [2.24, 2.45) is 0 Å². The molecule has 23 heavy (non-hydrogen) atoms. The summed E-state index contributed by atoms with van der Waals surface area (Å²) in [5.74, 6) is 1.50. The van der Waals surface area contributed by atoms with E-state index in [0.29, 0.717) is 5.11 Å². The fraction of sp³-hybridized carbons (Fsp3) is 0. The van der Waals surface area contributed by atoms with Crippen LogP contribution in [0.4, 0.5) is 11.4 Å². The Morgan fingerprint density at radius 2 is 1.30 bits per heavy atom. The third-order valence-corrected chi connectivity index (χ3v) is 3.34. The van der Waals surface area contributed by atoms with E-state index < -0.39 is 0 Å². The summed E-state index contributed by atoms with van der Waals surface area (Å²) in [6.45, 7) is 0. The molecule has 0 fully saturated rings. The SMILES string of the molecule is S=C(Nc1ccccc1)Nc1ccccc1Oc1ccccc1. The molecule has 3 rings (SSSR count). The minimum absolute atomic E-state index is 0.514. The van der Waals surface area contributed by atoms with E-state index in [4.69, 9.17) is 17.0 Å². The van der Waals surface area contributed by atoms with E-state index in [2.05, 4.69) is 10.6 Å². The third-order valence-electron chi connectivity index (χ3n) is 3.14. The van der Waals surface area contributed by atoms with Gasteiger partial charge in [0.25, 0.3) is 0 Å². The normalized spacial score (nSPS) is 9.91. The summed E-state index contributed by atoms with van der Waals surface area (Å²) in [5, 5.41) is 6.84. The molecule has 0 saturated carbocycles. The Balaban J connectivity index is 1.71. The van der Waals surface area contributed by atoms with Gasteiger partial charge in [0.15, 0.2) is 10.9 Å². The van der Waals surface area contributed by atoms with Gasteiger partial charge in [-0.15, -0.1) is 0 Å². The molecule has 0 spiro atoms. The van der Waals surface area contributed by atoms with Crippen LogP contribution in [-0.2, 0) is 0 Å². The van der Waals surface area contributed by atoms with Crippen molar-refractivity contribution < 1.29 is 4.74 Å². The Bertz CT molecular complexity index is 776. The number of para-hydroxylation sites is 4. The minimum Gasteiger partial charge on any atom is -0.455 e. The highest BCUT2D eigenvalue weighted by atomic mass is 32.1. The summed E-state index contributed by atoms with van der Waals surface area (Å²) in [6.07, 6.45) is 0. The van der Waals surface area contributed by atoms with Gasteiger partial charge in [0, 0.05) is 5.69 Å². The van der Waals surface area contributed by atoms with Crippen molar-refractivity contribution in [3.8, 4) is 11.5 Å². The molecule has 0 aliphatic carbocycles. The molecule has 3 aromatic rings. The molecule has 0 aliphatic heterocycles. The molecule has 0 aliphatic rings. The Hall–Kier alpha value is -2.85. The number of ether oxygens (including phenoxy) is 1. The first-order valence-corrected chi connectivity index (χ1v) is 7.67. The van der Waals surface area contributed by atoms with Crippen LogP contribution in [0.15, 0.2) is 84.9 Å². The number of rotatable bonds is 4. The van der Waals surface area contributed by atoms with E-state index in [1.165, 1.54) is 0 Å². The largest absolute Gasteiger partial charge is 0.455 e. The molecule has 2 N–H and O–H groups in total. The maximum absolute atomic E-state index is 5.91. The Kier molecular flexibility index (Phi) is 4.86. The molecule has 3 aromatic carbocycles. The van der Waals surface area contributed by atoms with E-state index in [9.17, 15) is 0 Å². The first kappa shape index (κ1) is 15.1. The zero-order valence-corrected chi connectivity index (χ0v) is 13.2. The van der Waals surface area contributed by atoms with Crippen molar-refractivity contribution in [3.05, 3.63) is 84.9 Å². The van der Waals surface area contributed by atoms with Crippen LogP contribution in [0.1, 0.15) is 0 Å². The number of hydrogen-bond acceptors (Lipinski definition) is 2. The Labute approximate surface area is 140 Å². The lowest BCUT2D eigenvalue weighted by Gasteiger charge is -2.14. The molecule has 114 valence electrons. The molecule has 3 nitrogen and oxygen atoms in total. The lowest BCUT2D eigenvalue weighted by atomic mass is 10.3. The van der Waals surface area contributed by atoms with Gasteiger partial charge in [-0.3, -0.25) is 0 Å². The highest BCUT2D eigenvalue weighted by Crippen LogP contribution is 2.29. The van der Waals surface area contributed by atoms with Crippen LogP contribution in [0.3, 0.4) is 0 Å². The quantitative estimate of drug-likeness (QED) is 0.640. The van der Waals surface area contributed by atoms with E-state index in [1.807, 2.05) is 84.9 Å². The second kappa shape index (κ2) is 7.42. The highest BCUT2D eigenvalue weighted by molar-refractivity contribution is 7.80. The van der Waals surface area contributed by atoms with Gasteiger partial charge in [-0.1, -0.05) is 48.5 Å². The zero-order chi connectivity index (χ0) is 15.9. The second-order valence-corrected chi connectivity index (χ2v) is 5.26. The molecule has 0 radical (unpaired) electrons. The molecule has 0 unspecified atom stereocenters. The average Bonchev–Trinajstić information content (AvgIpc) is 2.58. The van der Waals surface area contributed by atoms with Crippen molar-refractivity contribution >= 4 is 28.7 Å². The minimum atomic E-state index is 0.514. The molecule has 0 bridgehead atoms. The summed E-state index contributed by atoms with van der Waals surface area (Å²) in [7, 11) is 0. The lowest BCUT2D eigenvalue weighted by Crippen LogP contribution is -2.19. The molecule has 0 amide bonds. The first-order chi connectivity index (χ1) is 11.3. The smallest absolute Gasteiger partial charge is 0.175 e. The summed E-state index contributed by atoms with van der Waals surface area (Å²) >= 11 is 5.36. The molecule has 4 heteroatoms. The van der Waals surface area contributed by atoms with E-state index in [-0.39, 0.29) is 0 Å². The Morgan fingerprint density at radius 1 is 0.696 bits per heavy atom. The van der Waals surface area contributed by atoms with Gasteiger partial charge in [0.1, 0.15) is 5.75 Å². The van der Waals surface area contributed by atoms with E-state index in [0.717, 1.165) is 22.9 Å². The molecule has 0 saturated heterocycles. The van der Waals surface area contributed by atoms with Crippen molar-refractivity contribution in [2.75, 3.05) is 10.6 Å². The average molecular weight is 320 g/mol. The number of anilines is 2. The zero-order valence-electron chi connectivity index (χ0n) is 12.4. The lowest BCUT2D eigenvalue weighted by molar-refractivity contribution is 0.485. The molecule has 0 atom stereocenters. The van der Waals surface area contributed by atoms with Gasteiger partial charge in [0.05, 0.1) is 5.69 Å².